The van der Waals surface area contributed by atoms with E-state index in [1.165, 1.54) is 6.92 Å². The number of alkyl halides is 3. The van der Waals surface area contributed by atoms with Crippen molar-refractivity contribution in [2.75, 3.05) is 18.5 Å². The molecule has 1 N–H and O–H groups in total. The molecule has 0 aliphatic rings. The molecule has 0 spiro atoms. The Bertz CT molecular complexity index is 1370. The number of anilines is 1. The molecular formula is C28H32F3N4O5-. The van der Waals surface area contributed by atoms with Crippen LogP contribution in [0, 0.1) is 5.92 Å². The van der Waals surface area contributed by atoms with Gasteiger partial charge in [-0.05, 0) is 42.9 Å². The highest BCUT2D eigenvalue weighted by Gasteiger charge is 2.26. The van der Waals surface area contributed by atoms with Crippen molar-refractivity contribution in [3.05, 3.63) is 86.6 Å². The molecule has 216 valence electrons. The van der Waals surface area contributed by atoms with Crippen LogP contribution in [0.1, 0.15) is 43.7 Å². The topological polar surface area (TPSA) is 118 Å². The Hall–Kier alpha value is -4.09. The smallest absolute Gasteiger partial charge is 0.389 e. The number of unbranched alkanes of at least 4 members (excludes halogenated alkanes) is 1. The van der Waals surface area contributed by atoms with Crippen LogP contribution in [0.4, 0.5) is 19.0 Å². The number of ether oxygens (including phenoxy) is 1. The SMILES string of the molecule is CC(COc1ccccc1CCCCNc1nn(CCCC(F)(F)F)c(=O)n(Cc2ccccc2)c1=O)C(=O)[O-]. The largest absolute Gasteiger partial charge is 0.550 e. The number of aromatic nitrogens is 3. The van der Waals surface area contributed by atoms with Crippen molar-refractivity contribution in [3.63, 3.8) is 0 Å². The Kier molecular flexibility index (Phi) is 10.9. The molecule has 0 aliphatic carbocycles. The molecule has 1 heterocycles. The van der Waals surface area contributed by atoms with Crippen LogP contribution in [0.25, 0.3) is 0 Å². The molecule has 0 saturated carbocycles. The Labute approximate surface area is 229 Å². The number of hydrogen-bond donors (Lipinski definition) is 1. The molecule has 0 fully saturated rings. The first kappa shape index (κ1) is 30.5. The second kappa shape index (κ2) is 14.3. The predicted molar refractivity (Wildman–Crippen MR) is 141 cm³/mol. The van der Waals surface area contributed by atoms with Crippen LogP contribution in [0.2, 0.25) is 0 Å². The van der Waals surface area contributed by atoms with Crippen LogP contribution in [0.15, 0.2) is 64.2 Å². The van der Waals surface area contributed by atoms with Gasteiger partial charge in [0.1, 0.15) is 5.75 Å². The molecule has 9 nitrogen and oxygen atoms in total. The van der Waals surface area contributed by atoms with Crippen molar-refractivity contribution in [1.82, 2.24) is 14.3 Å². The summed E-state index contributed by atoms with van der Waals surface area (Å²) in [6.07, 6.45) is -3.86. The van der Waals surface area contributed by atoms with Gasteiger partial charge in [0, 0.05) is 31.4 Å². The summed E-state index contributed by atoms with van der Waals surface area (Å²) in [5, 5.41) is 17.9. The third-order valence-electron chi connectivity index (χ3n) is 6.16. The fourth-order valence-electron chi connectivity index (χ4n) is 3.93. The first-order chi connectivity index (χ1) is 19.0. The van der Waals surface area contributed by atoms with Crippen molar-refractivity contribution in [3.8, 4) is 5.75 Å². The first-order valence-corrected chi connectivity index (χ1v) is 13.0. The fraction of sp³-hybridized carbons (Fsp3) is 0.429. The maximum atomic E-state index is 13.1. The maximum Gasteiger partial charge on any atom is 0.389 e. The second-order valence-corrected chi connectivity index (χ2v) is 9.47. The van der Waals surface area contributed by atoms with Crippen LogP contribution < -0.4 is 26.4 Å². The van der Waals surface area contributed by atoms with Crippen LogP contribution >= 0.6 is 0 Å². The quantitative estimate of drug-likeness (QED) is 0.284. The summed E-state index contributed by atoms with van der Waals surface area (Å²) in [5.41, 5.74) is 0.165. The highest BCUT2D eigenvalue weighted by Crippen LogP contribution is 2.22. The number of carboxylic acids is 1. The molecule has 0 saturated heterocycles. The Morgan fingerprint density at radius 2 is 1.75 bits per heavy atom. The normalized spacial score (nSPS) is 12.2. The van der Waals surface area contributed by atoms with Gasteiger partial charge in [-0.3, -0.25) is 9.36 Å². The number of carboxylic acid groups (broad SMARTS) is 1. The fourth-order valence-corrected chi connectivity index (χ4v) is 3.93. The molecule has 0 amide bonds. The van der Waals surface area contributed by atoms with Crippen LogP contribution in [-0.4, -0.2) is 39.6 Å². The van der Waals surface area contributed by atoms with Gasteiger partial charge in [0.25, 0.3) is 5.56 Å². The summed E-state index contributed by atoms with van der Waals surface area (Å²) in [5.74, 6) is -1.47. The number of carbonyl (C=O) groups excluding carboxylic acids is 1. The summed E-state index contributed by atoms with van der Waals surface area (Å²) in [7, 11) is 0. The Morgan fingerprint density at radius 3 is 2.45 bits per heavy atom. The number of carbonyl (C=O) groups is 1. The summed E-state index contributed by atoms with van der Waals surface area (Å²) in [4.78, 5) is 36.9. The summed E-state index contributed by atoms with van der Waals surface area (Å²) < 4.78 is 45.5. The number of nitrogens with one attached hydrogen (secondary N) is 1. The number of nitrogens with zero attached hydrogens (tertiary/aromatic N) is 3. The van der Waals surface area contributed by atoms with Crippen molar-refractivity contribution < 1.29 is 27.8 Å². The minimum Gasteiger partial charge on any atom is -0.550 e. The van der Waals surface area contributed by atoms with Gasteiger partial charge in [-0.1, -0.05) is 55.5 Å². The molecule has 1 unspecified atom stereocenters. The lowest BCUT2D eigenvalue weighted by molar-refractivity contribution is -0.311. The molecule has 1 atom stereocenters. The predicted octanol–water partition coefficient (Wildman–Crippen LogP) is 3.00. The number of para-hydroxylation sites is 1. The zero-order chi connectivity index (χ0) is 29.1. The van der Waals surface area contributed by atoms with Gasteiger partial charge >= 0.3 is 11.9 Å². The first-order valence-electron chi connectivity index (χ1n) is 13.0. The van der Waals surface area contributed by atoms with E-state index in [-0.39, 0.29) is 31.9 Å². The summed E-state index contributed by atoms with van der Waals surface area (Å²) in [6, 6.07) is 16.1. The van der Waals surface area contributed by atoms with E-state index in [9.17, 15) is 32.7 Å². The van der Waals surface area contributed by atoms with E-state index >= 15 is 0 Å². The van der Waals surface area contributed by atoms with E-state index in [0.29, 0.717) is 37.1 Å². The van der Waals surface area contributed by atoms with E-state index in [1.54, 1.807) is 42.5 Å². The molecule has 1 aromatic heterocycles. The summed E-state index contributed by atoms with van der Waals surface area (Å²) in [6.45, 7) is 1.50. The van der Waals surface area contributed by atoms with Crippen molar-refractivity contribution >= 4 is 11.8 Å². The highest BCUT2D eigenvalue weighted by atomic mass is 19.4. The zero-order valence-corrected chi connectivity index (χ0v) is 22.2. The molecule has 0 radical (unpaired) electrons. The number of aliphatic carboxylic acids is 1. The average molecular weight is 562 g/mol. The summed E-state index contributed by atoms with van der Waals surface area (Å²) >= 11 is 0. The molecule has 0 aliphatic heterocycles. The van der Waals surface area contributed by atoms with Crippen LogP contribution in [-0.2, 0) is 24.3 Å². The Morgan fingerprint density at radius 1 is 1.05 bits per heavy atom. The van der Waals surface area contributed by atoms with Crippen LogP contribution in [0.3, 0.4) is 0 Å². The average Bonchev–Trinajstić information content (AvgIpc) is 2.92. The third kappa shape index (κ3) is 9.28. The molecular weight excluding hydrogens is 529 g/mol. The molecule has 0 bridgehead atoms. The van der Waals surface area contributed by atoms with E-state index in [1.807, 2.05) is 12.1 Å². The number of benzene rings is 2. The number of rotatable bonds is 15. The lowest BCUT2D eigenvalue weighted by atomic mass is 10.1. The van der Waals surface area contributed by atoms with Gasteiger partial charge in [-0.2, -0.15) is 13.2 Å². The van der Waals surface area contributed by atoms with E-state index < -0.39 is 35.7 Å². The molecule has 3 rings (SSSR count). The van der Waals surface area contributed by atoms with Gasteiger partial charge in [0.15, 0.2) is 0 Å². The van der Waals surface area contributed by atoms with E-state index in [0.717, 1.165) is 14.8 Å². The number of aryl methyl sites for hydroxylation is 2. The lowest BCUT2D eigenvalue weighted by Gasteiger charge is -2.16. The minimum atomic E-state index is -4.36. The third-order valence-corrected chi connectivity index (χ3v) is 6.16. The van der Waals surface area contributed by atoms with Gasteiger partial charge in [-0.15, -0.1) is 5.10 Å². The van der Waals surface area contributed by atoms with Gasteiger partial charge in [0.05, 0.1) is 13.2 Å². The highest BCUT2D eigenvalue weighted by molar-refractivity contribution is 5.67. The molecule has 3 aromatic rings. The molecule has 40 heavy (non-hydrogen) atoms. The van der Waals surface area contributed by atoms with E-state index in [2.05, 4.69) is 10.4 Å². The van der Waals surface area contributed by atoms with Gasteiger partial charge in [-0.25, -0.2) is 9.48 Å². The minimum absolute atomic E-state index is 0.0134. The molecule has 12 heteroatoms. The van der Waals surface area contributed by atoms with Crippen LogP contribution in [0.5, 0.6) is 5.75 Å². The monoisotopic (exact) mass is 561 g/mol. The Balaban J connectivity index is 1.66. The molecule has 2 aromatic carbocycles. The van der Waals surface area contributed by atoms with E-state index in [4.69, 9.17) is 4.74 Å². The van der Waals surface area contributed by atoms with Crippen molar-refractivity contribution in [1.29, 1.82) is 0 Å². The number of halogens is 3. The standard InChI is InChI=1S/C28H33F3N4O5/c1-20(26(37)38)19-40-23-14-6-5-12-22(23)13-7-8-16-32-24-25(36)34(18-21-10-3-2-4-11-21)27(39)35(33-24)17-9-15-28(29,30)31/h2-6,10-12,14,20H,7-9,13,15-19H2,1H3,(H,32,33)(H,37,38)/p-1. The van der Waals surface area contributed by atoms with Crippen molar-refractivity contribution in [2.24, 2.45) is 5.92 Å². The van der Waals surface area contributed by atoms with Gasteiger partial charge < -0.3 is 20.0 Å². The zero-order valence-electron chi connectivity index (χ0n) is 22.2. The van der Waals surface area contributed by atoms with Crippen molar-refractivity contribution in [2.45, 2.75) is 58.3 Å². The second-order valence-electron chi connectivity index (χ2n) is 9.47. The van der Waals surface area contributed by atoms with Gasteiger partial charge in [0.2, 0.25) is 5.82 Å². The lowest BCUT2D eigenvalue weighted by Crippen LogP contribution is -2.43. The maximum absolute atomic E-state index is 13.1. The number of hydrogen-bond acceptors (Lipinski definition) is 7.